The van der Waals surface area contributed by atoms with Gasteiger partial charge in [-0.2, -0.15) is 0 Å². The van der Waals surface area contributed by atoms with E-state index in [1.807, 2.05) is 26.0 Å². The molecular formula is C21H19NO6. The zero-order valence-electron chi connectivity index (χ0n) is 15.8. The molecule has 0 aliphatic heterocycles. The summed E-state index contributed by atoms with van der Waals surface area (Å²) in [6, 6.07) is 8.01. The van der Waals surface area contributed by atoms with Crippen LogP contribution in [-0.2, 0) is 16.0 Å². The number of benzene rings is 2. The first-order chi connectivity index (χ1) is 13.3. The Bertz CT molecular complexity index is 1100. The standard InChI is InChI=1S/C21H19NO6/c1-12-5-7-17-16(10-28-21(17)14(12)3)9-20(24)27-11-19(23)15-6-4-13(2)18(8-15)22(25)26/h4-8,10H,9,11H2,1-3H3. The van der Waals surface area contributed by atoms with Crippen LogP contribution in [-0.4, -0.2) is 23.3 Å². The second kappa shape index (κ2) is 7.64. The molecule has 1 aromatic heterocycles. The minimum Gasteiger partial charge on any atom is -0.464 e. The van der Waals surface area contributed by atoms with Gasteiger partial charge in [0.05, 0.1) is 17.6 Å². The number of aryl methyl sites for hydroxylation is 3. The first-order valence-corrected chi connectivity index (χ1v) is 8.68. The van der Waals surface area contributed by atoms with E-state index >= 15 is 0 Å². The number of fused-ring (bicyclic) bond motifs is 1. The predicted molar refractivity (Wildman–Crippen MR) is 103 cm³/mol. The Kier molecular flexibility index (Phi) is 5.26. The van der Waals surface area contributed by atoms with Crippen LogP contribution in [0.5, 0.6) is 0 Å². The summed E-state index contributed by atoms with van der Waals surface area (Å²) in [7, 11) is 0. The highest BCUT2D eigenvalue weighted by Gasteiger charge is 2.18. The number of nitrogens with zero attached hydrogens (tertiary/aromatic N) is 1. The highest BCUT2D eigenvalue weighted by atomic mass is 16.6. The first kappa shape index (κ1) is 19.3. The molecule has 0 N–H and O–H groups in total. The van der Waals surface area contributed by atoms with Gasteiger partial charge in [-0.1, -0.05) is 24.3 Å². The Morgan fingerprint density at radius 1 is 1.11 bits per heavy atom. The number of rotatable bonds is 6. The van der Waals surface area contributed by atoms with Gasteiger partial charge < -0.3 is 9.15 Å². The first-order valence-electron chi connectivity index (χ1n) is 8.68. The summed E-state index contributed by atoms with van der Waals surface area (Å²) in [6.07, 6.45) is 1.49. The number of esters is 1. The van der Waals surface area contributed by atoms with Gasteiger partial charge >= 0.3 is 5.97 Å². The molecule has 3 rings (SSSR count). The van der Waals surface area contributed by atoms with Crippen molar-refractivity contribution in [1.82, 2.24) is 0 Å². The molecule has 0 fully saturated rings. The molecule has 1 heterocycles. The van der Waals surface area contributed by atoms with Gasteiger partial charge in [-0.25, -0.2) is 0 Å². The number of ketones is 1. The quantitative estimate of drug-likeness (QED) is 0.274. The lowest BCUT2D eigenvalue weighted by Crippen LogP contribution is -2.15. The van der Waals surface area contributed by atoms with Crippen molar-refractivity contribution in [2.24, 2.45) is 0 Å². The number of carbonyl (C=O) groups is 2. The number of hydrogen-bond donors (Lipinski definition) is 0. The maximum Gasteiger partial charge on any atom is 0.310 e. The number of Topliss-reactive ketones (excluding diaryl/α,β-unsaturated/α-hetero) is 1. The van der Waals surface area contributed by atoms with E-state index in [0.717, 1.165) is 22.1 Å². The van der Waals surface area contributed by atoms with E-state index in [2.05, 4.69) is 0 Å². The van der Waals surface area contributed by atoms with Crippen molar-refractivity contribution in [1.29, 1.82) is 0 Å². The molecule has 0 atom stereocenters. The SMILES string of the molecule is Cc1ccc(C(=O)COC(=O)Cc2coc3c(C)c(C)ccc23)cc1[N+](=O)[O-]. The zero-order valence-corrected chi connectivity index (χ0v) is 15.8. The van der Waals surface area contributed by atoms with Crippen LogP contribution in [0.15, 0.2) is 41.0 Å². The van der Waals surface area contributed by atoms with E-state index in [4.69, 9.17) is 9.15 Å². The van der Waals surface area contributed by atoms with Crippen LogP contribution in [0.4, 0.5) is 5.69 Å². The van der Waals surface area contributed by atoms with E-state index < -0.39 is 23.3 Å². The Morgan fingerprint density at radius 3 is 2.54 bits per heavy atom. The van der Waals surface area contributed by atoms with Gasteiger partial charge in [0.25, 0.3) is 5.69 Å². The normalized spacial score (nSPS) is 10.8. The topological polar surface area (TPSA) is 99.7 Å². The molecule has 0 radical (unpaired) electrons. The van der Waals surface area contributed by atoms with Gasteiger partial charge in [-0.15, -0.1) is 0 Å². The van der Waals surface area contributed by atoms with Crippen molar-refractivity contribution in [3.8, 4) is 0 Å². The molecule has 0 amide bonds. The maximum absolute atomic E-state index is 12.2. The van der Waals surface area contributed by atoms with E-state index in [1.54, 1.807) is 6.92 Å². The molecular weight excluding hydrogens is 362 g/mol. The molecule has 28 heavy (non-hydrogen) atoms. The summed E-state index contributed by atoms with van der Waals surface area (Å²) in [5, 5.41) is 11.8. The number of hydrogen-bond acceptors (Lipinski definition) is 6. The van der Waals surface area contributed by atoms with Crippen LogP contribution in [0.25, 0.3) is 11.0 Å². The second-order valence-electron chi connectivity index (χ2n) is 6.66. The number of ether oxygens (including phenoxy) is 1. The Morgan fingerprint density at radius 2 is 1.82 bits per heavy atom. The molecule has 144 valence electrons. The monoisotopic (exact) mass is 381 g/mol. The van der Waals surface area contributed by atoms with Crippen molar-refractivity contribution in [2.45, 2.75) is 27.2 Å². The molecule has 7 nitrogen and oxygen atoms in total. The van der Waals surface area contributed by atoms with E-state index in [-0.39, 0.29) is 17.7 Å². The summed E-state index contributed by atoms with van der Waals surface area (Å²) in [5.41, 5.74) is 3.95. The van der Waals surface area contributed by atoms with Crippen molar-refractivity contribution >= 4 is 28.4 Å². The zero-order chi connectivity index (χ0) is 20.4. The van der Waals surface area contributed by atoms with Gasteiger partial charge in [0.1, 0.15) is 5.58 Å². The van der Waals surface area contributed by atoms with Crippen LogP contribution in [0.2, 0.25) is 0 Å². The highest BCUT2D eigenvalue weighted by Crippen LogP contribution is 2.27. The van der Waals surface area contributed by atoms with Crippen LogP contribution in [0, 0.1) is 30.9 Å². The van der Waals surface area contributed by atoms with Gasteiger partial charge in [0, 0.05) is 28.1 Å². The average Bonchev–Trinajstić information content (AvgIpc) is 3.06. The lowest BCUT2D eigenvalue weighted by Gasteiger charge is -2.05. The third-order valence-electron chi connectivity index (χ3n) is 4.77. The van der Waals surface area contributed by atoms with Crippen LogP contribution in [0.1, 0.15) is 32.6 Å². The Hall–Kier alpha value is -3.48. The molecule has 2 aromatic carbocycles. The Balaban J connectivity index is 1.66. The third-order valence-corrected chi connectivity index (χ3v) is 4.77. The highest BCUT2D eigenvalue weighted by molar-refractivity contribution is 5.98. The van der Waals surface area contributed by atoms with Crippen LogP contribution >= 0.6 is 0 Å². The van der Waals surface area contributed by atoms with Gasteiger partial charge in [-0.3, -0.25) is 19.7 Å². The molecule has 0 saturated heterocycles. The molecule has 0 saturated carbocycles. The minimum absolute atomic E-state index is 0.0309. The predicted octanol–water partition coefficient (Wildman–Crippen LogP) is 4.23. The van der Waals surface area contributed by atoms with Crippen LogP contribution in [0.3, 0.4) is 0 Å². The maximum atomic E-state index is 12.2. The lowest BCUT2D eigenvalue weighted by molar-refractivity contribution is -0.385. The summed E-state index contributed by atoms with van der Waals surface area (Å²) in [5.74, 6) is -1.07. The van der Waals surface area contributed by atoms with Crippen molar-refractivity contribution in [3.05, 3.63) is 74.5 Å². The number of furan rings is 1. The summed E-state index contributed by atoms with van der Waals surface area (Å²) >= 11 is 0. The second-order valence-corrected chi connectivity index (χ2v) is 6.66. The van der Waals surface area contributed by atoms with Crippen molar-refractivity contribution in [2.75, 3.05) is 6.61 Å². The fourth-order valence-corrected chi connectivity index (χ4v) is 2.94. The largest absolute Gasteiger partial charge is 0.464 e. The van der Waals surface area contributed by atoms with Crippen molar-refractivity contribution < 1.29 is 23.7 Å². The smallest absolute Gasteiger partial charge is 0.310 e. The van der Waals surface area contributed by atoms with E-state index in [0.29, 0.717) is 11.1 Å². The molecule has 3 aromatic rings. The molecule has 0 bridgehead atoms. The molecule has 0 aliphatic rings. The number of nitro benzene ring substituents is 1. The fourth-order valence-electron chi connectivity index (χ4n) is 2.94. The lowest BCUT2D eigenvalue weighted by atomic mass is 10.0. The fraction of sp³-hybridized carbons (Fsp3) is 0.238. The summed E-state index contributed by atoms with van der Waals surface area (Å²) < 4.78 is 10.6. The minimum atomic E-state index is -0.573. The molecule has 0 unspecified atom stereocenters. The summed E-state index contributed by atoms with van der Waals surface area (Å²) in [6.45, 7) is 5.03. The summed E-state index contributed by atoms with van der Waals surface area (Å²) in [4.78, 5) is 34.8. The average molecular weight is 381 g/mol. The van der Waals surface area contributed by atoms with Gasteiger partial charge in [0.15, 0.2) is 6.61 Å². The third kappa shape index (κ3) is 3.78. The Labute approximate surface area is 161 Å². The number of nitro groups is 1. The van der Waals surface area contributed by atoms with E-state index in [9.17, 15) is 19.7 Å². The van der Waals surface area contributed by atoms with Crippen molar-refractivity contribution in [3.63, 3.8) is 0 Å². The van der Waals surface area contributed by atoms with Crippen LogP contribution < -0.4 is 0 Å². The number of carbonyl (C=O) groups excluding carboxylic acids is 2. The van der Waals surface area contributed by atoms with Gasteiger partial charge in [-0.05, 0) is 31.9 Å². The molecule has 0 spiro atoms. The van der Waals surface area contributed by atoms with E-state index in [1.165, 1.54) is 24.5 Å². The van der Waals surface area contributed by atoms with Gasteiger partial charge in [0.2, 0.25) is 5.78 Å². The molecule has 0 aliphatic carbocycles. The molecule has 7 heteroatoms.